The molecule has 2 aromatic rings. The summed E-state index contributed by atoms with van der Waals surface area (Å²) < 4.78 is 13.1. The van der Waals surface area contributed by atoms with Gasteiger partial charge >= 0.3 is 0 Å². The number of amides is 1. The van der Waals surface area contributed by atoms with Gasteiger partial charge in [-0.1, -0.05) is 15.9 Å². The van der Waals surface area contributed by atoms with Crippen LogP contribution in [0.3, 0.4) is 0 Å². The van der Waals surface area contributed by atoms with Crippen LogP contribution in [-0.2, 0) is 9.53 Å². The second-order valence-electron chi connectivity index (χ2n) is 6.38. The van der Waals surface area contributed by atoms with Gasteiger partial charge in [0.2, 0.25) is 0 Å². The van der Waals surface area contributed by atoms with Crippen molar-refractivity contribution in [2.24, 2.45) is 5.10 Å². The molecule has 9 nitrogen and oxygen atoms in total. The van der Waals surface area contributed by atoms with Crippen LogP contribution in [0.4, 0.5) is 11.4 Å². The Kier molecular flexibility index (Phi) is 8.41. The Morgan fingerprint density at radius 1 is 1.23 bits per heavy atom. The predicted octanol–water partition coefficient (Wildman–Crippen LogP) is 4.25. The van der Waals surface area contributed by atoms with Crippen LogP contribution < -0.4 is 15.1 Å². The van der Waals surface area contributed by atoms with E-state index in [0.29, 0.717) is 46.6 Å². The first kappa shape index (κ1) is 23.6. The number of carbonyl (C=O) groups is 1. The fourth-order valence-corrected chi connectivity index (χ4v) is 5.35. The molecule has 12 heteroatoms. The molecular weight excluding hydrogens is 604 g/mol. The summed E-state index contributed by atoms with van der Waals surface area (Å²) in [5.41, 5.74) is 3.63. The second-order valence-corrected chi connectivity index (χ2v) is 9.00. The number of hydrogen-bond acceptors (Lipinski definition) is 7. The number of anilines is 1. The Morgan fingerprint density at radius 2 is 1.90 bits per heavy atom. The minimum atomic E-state index is -0.476. The van der Waals surface area contributed by atoms with E-state index >= 15 is 0 Å². The summed E-state index contributed by atoms with van der Waals surface area (Å²) >= 11 is 10.1. The van der Waals surface area contributed by atoms with Gasteiger partial charge in [-0.2, -0.15) is 5.10 Å². The number of nitrogens with one attached hydrogen (secondary N) is 1. The van der Waals surface area contributed by atoms with Gasteiger partial charge in [0.05, 0.1) is 33.3 Å². The summed E-state index contributed by atoms with van der Waals surface area (Å²) in [6.07, 6.45) is 1.39. The number of nitrogens with zero attached hydrogens (tertiary/aromatic N) is 3. The van der Waals surface area contributed by atoms with Gasteiger partial charge in [0, 0.05) is 40.9 Å². The highest BCUT2D eigenvalue weighted by Crippen LogP contribution is 2.36. The number of morpholine rings is 1. The van der Waals surface area contributed by atoms with Crippen LogP contribution in [0.2, 0.25) is 0 Å². The molecule has 0 aromatic heterocycles. The average molecular weight is 621 g/mol. The summed E-state index contributed by atoms with van der Waals surface area (Å²) in [4.78, 5) is 24.9. The molecule has 1 aliphatic heterocycles. The molecule has 1 aliphatic rings. The molecule has 0 atom stereocenters. The van der Waals surface area contributed by atoms with Gasteiger partial charge in [0.1, 0.15) is 5.75 Å². The summed E-state index contributed by atoms with van der Waals surface area (Å²) in [5, 5.41) is 15.1. The molecule has 0 radical (unpaired) electrons. The number of hydrogen-bond donors (Lipinski definition) is 1. The van der Waals surface area contributed by atoms with Crippen molar-refractivity contribution in [3.05, 3.63) is 59.4 Å². The first-order chi connectivity index (χ1) is 14.8. The number of benzene rings is 2. The monoisotopic (exact) mass is 618 g/mol. The van der Waals surface area contributed by atoms with Crippen LogP contribution in [0.15, 0.2) is 48.9 Å². The topological polar surface area (TPSA) is 106 Å². The molecule has 1 amide bonds. The van der Waals surface area contributed by atoms with E-state index in [-0.39, 0.29) is 12.3 Å². The SMILES string of the molecule is O=C(COc1c(Br)cc(Br)cc1Br)NN=Cc1cc([N+](=O)[O-])ccc1N1CCOCC1. The summed E-state index contributed by atoms with van der Waals surface area (Å²) in [5.74, 6) is 0.00643. The average Bonchev–Trinajstić information content (AvgIpc) is 2.73. The van der Waals surface area contributed by atoms with Gasteiger partial charge in [-0.3, -0.25) is 14.9 Å². The van der Waals surface area contributed by atoms with Crippen LogP contribution in [0.25, 0.3) is 0 Å². The van der Waals surface area contributed by atoms with Crippen molar-refractivity contribution in [2.45, 2.75) is 0 Å². The third-order valence-corrected chi connectivity index (χ3v) is 5.91. The highest BCUT2D eigenvalue weighted by molar-refractivity contribution is 9.11. The Bertz CT molecular complexity index is 989. The van der Waals surface area contributed by atoms with Crippen molar-refractivity contribution < 1.29 is 19.2 Å². The van der Waals surface area contributed by atoms with Crippen molar-refractivity contribution in [2.75, 3.05) is 37.8 Å². The van der Waals surface area contributed by atoms with Crippen LogP contribution in [0.1, 0.15) is 5.56 Å². The molecule has 164 valence electrons. The van der Waals surface area contributed by atoms with Crippen LogP contribution in [-0.4, -0.2) is 50.0 Å². The van der Waals surface area contributed by atoms with E-state index in [0.717, 1.165) is 10.2 Å². The van der Waals surface area contributed by atoms with Crippen molar-refractivity contribution >= 4 is 71.3 Å². The lowest BCUT2D eigenvalue weighted by Crippen LogP contribution is -2.36. The largest absolute Gasteiger partial charge is 0.481 e. The van der Waals surface area contributed by atoms with Gasteiger partial charge in [-0.25, -0.2) is 5.43 Å². The summed E-state index contributed by atoms with van der Waals surface area (Å²) in [6.45, 7) is 2.21. The molecule has 31 heavy (non-hydrogen) atoms. The number of ether oxygens (including phenoxy) is 2. The van der Waals surface area contributed by atoms with Gasteiger partial charge in [-0.15, -0.1) is 0 Å². The fourth-order valence-electron chi connectivity index (χ4n) is 2.86. The number of nitro groups is 1. The highest BCUT2D eigenvalue weighted by atomic mass is 79.9. The van der Waals surface area contributed by atoms with Crippen LogP contribution >= 0.6 is 47.8 Å². The quantitative estimate of drug-likeness (QED) is 0.282. The Labute approximate surface area is 203 Å². The lowest BCUT2D eigenvalue weighted by molar-refractivity contribution is -0.384. The van der Waals surface area contributed by atoms with Gasteiger partial charge < -0.3 is 14.4 Å². The maximum atomic E-state index is 12.1. The Balaban J connectivity index is 1.67. The molecule has 0 spiro atoms. The Hall–Kier alpha value is -2.02. The zero-order chi connectivity index (χ0) is 22.4. The predicted molar refractivity (Wildman–Crippen MR) is 127 cm³/mol. The number of rotatable bonds is 7. The molecule has 0 saturated carbocycles. The molecule has 1 heterocycles. The number of carbonyl (C=O) groups excluding carboxylic acids is 1. The van der Waals surface area contributed by atoms with Gasteiger partial charge in [-0.05, 0) is 50.1 Å². The van der Waals surface area contributed by atoms with E-state index in [1.807, 2.05) is 0 Å². The molecular formula is C19H17Br3N4O5. The van der Waals surface area contributed by atoms with Gasteiger partial charge in [0.15, 0.2) is 6.61 Å². The molecule has 2 aromatic carbocycles. The molecule has 1 saturated heterocycles. The molecule has 0 unspecified atom stereocenters. The summed E-state index contributed by atoms with van der Waals surface area (Å²) in [6, 6.07) is 8.14. The molecule has 3 rings (SSSR count). The van der Waals surface area contributed by atoms with E-state index in [1.165, 1.54) is 18.3 Å². The summed E-state index contributed by atoms with van der Waals surface area (Å²) in [7, 11) is 0. The minimum Gasteiger partial charge on any atom is -0.481 e. The fraction of sp³-hybridized carbons (Fsp3) is 0.263. The number of nitro benzene ring substituents is 1. The molecule has 0 aliphatic carbocycles. The van der Waals surface area contributed by atoms with Gasteiger partial charge in [0.25, 0.3) is 11.6 Å². The normalized spacial score (nSPS) is 14.0. The van der Waals surface area contributed by atoms with E-state index < -0.39 is 10.8 Å². The maximum Gasteiger partial charge on any atom is 0.277 e. The zero-order valence-corrected chi connectivity index (χ0v) is 20.8. The molecule has 1 fully saturated rings. The van der Waals surface area contributed by atoms with E-state index in [1.54, 1.807) is 18.2 Å². The third kappa shape index (κ3) is 6.48. The van der Waals surface area contributed by atoms with Crippen molar-refractivity contribution in [3.63, 3.8) is 0 Å². The number of hydrazone groups is 1. The smallest absolute Gasteiger partial charge is 0.277 e. The second kappa shape index (κ2) is 11.0. The maximum absolute atomic E-state index is 12.1. The van der Waals surface area contributed by atoms with Crippen molar-refractivity contribution in [1.29, 1.82) is 0 Å². The zero-order valence-electron chi connectivity index (χ0n) is 16.0. The number of halogens is 3. The van der Waals surface area contributed by atoms with E-state index in [9.17, 15) is 14.9 Å². The third-order valence-electron chi connectivity index (χ3n) is 4.28. The first-order valence-electron chi connectivity index (χ1n) is 9.05. The molecule has 1 N–H and O–H groups in total. The van der Waals surface area contributed by atoms with E-state index in [2.05, 4.69) is 63.2 Å². The lowest BCUT2D eigenvalue weighted by atomic mass is 10.1. The lowest BCUT2D eigenvalue weighted by Gasteiger charge is -2.29. The molecule has 0 bridgehead atoms. The standard InChI is InChI=1S/C19H17Br3N4O5/c20-13-8-15(21)19(16(22)9-13)31-11-18(27)24-23-10-12-7-14(26(28)29)1-2-17(12)25-3-5-30-6-4-25/h1-2,7-10H,3-6,11H2,(H,24,27). The minimum absolute atomic E-state index is 0.0574. The van der Waals surface area contributed by atoms with E-state index in [4.69, 9.17) is 9.47 Å². The Morgan fingerprint density at radius 3 is 2.55 bits per heavy atom. The van der Waals surface area contributed by atoms with Crippen molar-refractivity contribution in [3.8, 4) is 5.75 Å². The van der Waals surface area contributed by atoms with Crippen molar-refractivity contribution in [1.82, 2.24) is 5.43 Å². The highest BCUT2D eigenvalue weighted by Gasteiger charge is 2.17. The van der Waals surface area contributed by atoms with Crippen LogP contribution in [0, 0.1) is 10.1 Å². The first-order valence-corrected chi connectivity index (χ1v) is 11.4. The number of non-ortho nitro benzene ring substituents is 1. The van der Waals surface area contributed by atoms with Crippen LogP contribution in [0.5, 0.6) is 5.75 Å².